The summed E-state index contributed by atoms with van der Waals surface area (Å²) in [7, 11) is 0. The Morgan fingerprint density at radius 3 is 0.462 bits per heavy atom. The molecule has 2 heteroatoms. The zero-order chi connectivity index (χ0) is 38.1. The lowest BCUT2D eigenvalue weighted by molar-refractivity contribution is -0.137. The monoisotopic (exact) mass is 735 g/mol. The van der Waals surface area contributed by atoms with Gasteiger partial charge in [-0.1, -0.05) is 303 Å². The Kier molecular flexibility index (Phi) is 54.2. The van der Waals surface area contributed by atoms with Crippen molar-refractivity contribution in [3.63, 3.8) is 0 Å². The minimum Gasteiger partial charge on any atom is -0.481 e. The number of hydrogen-bond acceptors (Lipinski definition) is 1. The first-order valence-electron chi connectivity index (χ1n) is 24.9. The van der Waals surface area contributed by atoms with Gasteiger partial charge in [0.2, 0.25) is 0 Å². The topological polar surface area (TPSA) is 37.3 Å². The van der Waals surface area contributed by atoms with Gasteiger partial charge in [-0.15, -0.1) is 0 Å². The minimum absolute atomic E-state index is 0.347. The molecule has 0 amide bonds. The molecular weight excluding hydrogens is 633 g/mol. The van der Waals surface area contributed by atoms with Gasteiger partial charge in [0.25, 0.3) is 0 Å². The van der Waals surface area contributed by atoms with E-state index in [1.807, 2.05) is 0 Å². The van der Waals surface area contributed by atoms with Crippen molar-refractivity contribution in [3.8, 4) is 0 Å². The Morgan fingerprint density at radius 1 is 0.231 bits per heavy atom. The van der Waals surface area contributed by atoms with Crippen LogP contribution in [0.25, 0.3) is 0 Å². The average molecular weight is 735 g/mol. The van der Waals surface area contributed by atoms with Gasteiger partial charge in [-0.05, 0) is 6.42 Å². The number of carboxylic acid groups (broad SMARTS) is 1. The number of carbonyl (C=O) groups is 1. The zero-order valence-corrected chi connectivity index (χ0v) is 36.9. The maximum absolute atomic E-state index is 10.4. The number of rotatable bonds is 45. The summed E-state index contributed by atoms with van der Waals surface area (Å²) in [5.74, 6) is -0.649. The standard InChI is InChI=1S/C29H58O2.C21H44/c1-2-3-4-5-6-7-8-9-10-11-12-13-14-15-16-17-18-19-20-21-22-23-24-25-26-27-28-29(30)31;1-3-5-7-9-11-13-15-17-19-21-20-18-16-14-12-10-8-6-4-2/h2-28H2,1H3,(H,30,31);3-21H2,1-2H3. The molecule has 0 bridgehead atoms. The third-order valence-electron chi connectivity index (χ3n) is 11.5. The van der Waals surface area contributed by atoms with E-state index in [1.54, 1.807) is 0 Å². The molecule has 0 aliphatic heterocycles. The van der Waals surface area contributed by atoms with Crippen molar-refractivity contribution < 1.29 is 9.90 Å². The summed E-state index contributed by atoms with van der Waals surface area (Å²) in [4.78, 5) is 10.4. The Morgan fingerprint density at radius 2 is 0.346 bits per heavy atom. The molecule has 0 aromatic carbocycles. The molecule has 0 spiro atoms. The van der Waals surface area contributed by atoms with Crippen LogP contribution in [0.3, 0.4) is 0 Å². The van der Waals surface area contributed by atoms with Crippen molar-refractivity contribution in [2.75, 3.05) is 0 Å². The maximum Gasteiger partial charge on any atom is 0.303 e. The average Bonchev–Trinajstić information content (AvgIpc) is 3.14. The summed E-state index contributed by atoms with van der Waals surface area (Å²) in [6.45, 7) is 6.89. The molecule has 0 atom stereocenters. The molecule has 0 rings (SSSR count). The quantitative estimate of drug-likeness (QED) is 0.0633. The third kappa shape index (κ3) is 56.2. The Labute approximate surface area is 331 Å². The zero-order valence-electron chi connectivity index (χ0n) is 36.9. The molecule has 52 heavy (non-hydrogen) atoms. The summed E-state index contributed by atoms with van der Waals surface area (Å²) < 4.78 is 0. The number of unbranched alkanes of at least 4 members (excludes halogenated alkanes) is 43. The lowest BCUT2D eigenvalue weighted by Gasteiger charge is -2.04. The first-order valence-corrected chi connectivity index (χ1v) is 24.9. The molecule has 0 aliphatic rings. The van der Waals surface area contributed by atoms with Gasteiger partial charge < -0.3 is 5.11 Å². The Balaban J connectivity index is 0. The summed E-state index contributed by atoms with van der Waals surface area (Å²) >= 11 is 0. The number of hydrogen-bond donors (Lipinski definition) is 1. The molecule has 0 aromatic rings. The van der Waals surface area contributed by atoms with Crippen LogP contribution in [0.1, 0.15) is 316 Å². The minimum atomic E-state index is -0.649. The van der Waals surface area contributed by atoms with E-state index in [-0.39, 0.29) is 0 Å². The molecule has 0 heterocycles. The lowest BCUT2D eigenvalue weighted by Crippen LogP contribution is -1.93. The number of aliphatic carboxylic acids is 1. The summed E-state index contributed by atoms with van der Waals surface area (Å²) in [5, 5.41) is 8.60. The van der Waals surface area contributed by atoms with Gasteiger partial charge in [-0.3, -0.25) is 4.79 Å². The normalized spacial score (nSPS) is 11.2. The molecule has 0 aliphatic carbocycles. The van der Waals surface area contributed by atoms with Crippen LogP contribution in [0, 0.1) is 0 Å². The van der Waals surface area contributed by atoms with E-state index in [2.05, 4.69) is 20.8 Å². The van der Waals surface area contributed by atoms with Crippen molar-refractivity contribution in [1.82, 2.24) is 0 Å². The highest BCUT2D eigenvalue weighted by atomic mass is 16.4. The second-order valence-corrected chi connectivity index (χ2v) is 17.0. The lowest BCUT2D eigenvalue weighted by atomic mass is 10.0. The van der Waals surface area contributed by atoms with Crippen LogP contribution in [-0.2, 0) is 4.79 Å². The maximum atomic E-state index is 10.4. The van der Waals surface area contributed by atoms with E-state index in [9.17, 15) is 4.79 Å². The van der Waals surface area contributed by atoms with E-state index in [4.69, 9.17) is 5.11 Å². The molecular formula is C50H102O2. The molecule has 0 aromatic heterocycles. The van der Waals surface area contributed by atoms with Gasteiger partial charge in [0.15, 0.2) is 0 Å². The molecule has 0 saturated heterocycles. The van der Waals surface area contributed by atoms with Crippen LogP contribution in [-0.4, -0.2) is 11.1 Å². The fourth-order valence-corrected chi connectivity index (χ4v) is 7.74. The second kappa shape index (κ2) is 52.6. The van der Waals surface area contributed by atoms with E-state index >= 15 is 0 Å². The van der Waals surface area contributed by atoms with Crippen LogP contribution in [0.2, 0.25) is 0 Å². The highest BCUT2D eigenvalue weighted by molar-refractivity contribution is 5.66. The van der Waals surface area contributed by atoms with Gasteiger partial charge in [0.1, 0.15) is 0 Å². The first-order chi connectivity index (χ1) is 25.7. The SMILES string of the molecule is CCCCCCCCCCCCCCCCCCCCC.CCCCCCCCCCCCCCCCCCCCCCCCCCCCC(=O)O. The fourth-order valence-electron chi connectivity index (χ4n) is 7.74. The Hall–Kier alpha value is -0.530. The van der Waals surface area contributed by atoms with Gasteiger partial charge in [0.05, 0.1) is 0 Å². The molecule has 1 N–H and O–H groups in total. The van der Waals surface area contributed by atoms with Crippen molar-refractivity contribution in [2.24, 2.45) is 0 Å². The van der Waals surface area contributed by atoms with E-state index in [1.165, 1.54) is 276 Å². The van der Waals surface area contributed by atoms with E-state index < -0.39 is 5.97 Å². The third-order valence-corrected chi connectivity index (χ3v) is 11.5. The molecule has 0 saturated carbocycles. The molecule has 2 nitrogen and oxygen atoms in total. The van der Waals surface area contributed by atoms with E-state index in [0.717, 1.165) is 12.8 Å². The van der Waals surface area contributed by atoms with Crippen LogP contribution in [0.5, 0.6) is 0 Å². The number of carboxylic acids is 1. The fraction of sp³-hybridized carbons (Fsp3) is 0.980. The van der Waals surface area contributed by atoms with Gasteiger partial charge >= 0.3 is 5.97 Å². The summed E-state index contributed by atoms with van der Waals surface area (Å²) in [5.41, 5.74) is 0. The van der Waals surface area contributed by atoms with Crippen molar-refractivity contribution in [2.45, 2.75) is 316 Å². The van der Waals surface area contributed by atoms with Gasteiger partial charge in [-0.2, -0.15) is 0 Å². The molecule has 314 valence electrons. The predicted molar refractivity (Wildman–Crippen MR) is 237 cm³/mol. The summed E-state index contributed by atoms with van der Waals surface area (Å²) in [6, 6.07) is 0. The van der Waals surface area contributed by atoms with Crippen LogP contribution in [0.4, 0.5) is 0 Å². The van der Waals surface area contributed by atoms with Gasteiger partial charge in [0, 0.05) is 6.42 Å². The highest BCUT2D eigenvalue weighted by Crippen LogP contribution is 2.17. The second-order valence-electron chi connectivity index (χ2n) is 17.0. The van der Waals surface area contributed by atoms with Crippen LogP contribution in [0.15, 0.2) is 0 Å². The first kappa shape index (κ1) is 53.6. The van der Waals surface area contributed by atoms with Crippen molar-refractivity contribution in [1.29, 1.82) is 0 Å². The van der Waals surface area contributed by atoms with Crippen LogP contribution >= 0.6 is 0 Å². The van der Waals surface area contributed by atoms with Gasteiger partial charge in [-0.25, -0.2) is 0 Å². The largest absolute Gasteiger partial charge is 0.481 e. The van der Waals surface area contributed by atoms with Crippen molar-refractivity contribution in [3.05, 3.63) is 0 Å². The highest BCUT2D eigenvalue weighted by Gasteiger charge is 1.99. The molecule has 0 unspecified atom stereocenters. The smallest absolute Gasteiger partial charge is 0.303 e. The Bertz CT molecular complexity index is 583. The van der Waals surface area contributed by atoms with Crippen molar-refractivity contribution >= 4 is 5.97 Å². The summed E-state index contributed by atoms with van der Waals surface area (Å²) in [6.07, 6.45) is 64.4. The molecule has 0 radical (unpaired) electrons. The predicted octanol–water partition coefficient (Wildman–Crippen LogP) is 19.1. The van der Waals surface area contributed by atoms with Crippen LogP contribution < -0.4 is 0 Å². The molecule has 0 fully saturated rings. The van der Waals surface area contributed by atoms with E-state index in [0.29, 0.717) is 6.42 Å².